The lowest BCUT2D eigenvalue weighted by Crippen LogP contribution is -2.14. The fraction of sp³-hybridized carbons (Fsp3) is 0.103. The lowest BCUT2D eigenvalue weighted by atomic mass is 9.80. The number of halogens is 2. The van der Waals surface area contributed by atoms with E-state index < -0.39 is 0 Å². The van der Waals surface area contributed by atoms with Crippen molar-refractivity contribution in [2.75, 3.05) is 0 Å². The molecule has 0 aliphatic heterocycles. The summed E-state index contributed by atoms with van der Waals surface area (Å²) in [7, 11) is 0. The molecule has 12 rings (SSSR count). The number of benzene rings is 10. The summed E-state index contributed by atoms with van der Waals surface area (Å²) in [5.41, 5.74) is 18.1. The van der Waals surface area contributed by atoms with Crippen LogP contribution in [0.1, 0.15) is 49.9 Å². The minimum absolute atomic E-state index is 0.112. The second-order valence-corrected chi connectivity index (χ2v) is 17.9. The van der Waals surface area contributed by atoms with E-state index in [4.69, 9.17) is 0 Å². The molecule has 0 nitrogen and oxygen atoms in total. The van der Waals surface area contributed by atoms with Gasteiger partial charge in [0.1, 0.15) is 11.6 Å². The lowest BCUT2D eigenvalue weighted by Gasteiger charge is -2.23. The Morgan fingerprint density at radius 3 is 1.02 bits per heavy atom. The SMILES string of the molecule is CC1(C)c2ccccc2-c2cc(-c3cc(-c4cccc(F)c4)c4ccc5c(-c6ccc7c(c6)-c6ccccc6C7(C)C)cc(-c6cccc(F)c6)c6ccc3c4c65)ccc21. The minimum atomic E-state index is -0.270. The number of fused-ring (bicyclic) bond motifs is 6. The van der Waals surface area contributed by atoms with Crippen LogP contribution in [-0.4, -0.2) is 0 Å². The Hall–Kier alpha value is -6.90. The number of hydrogen-bond acceptors (Lipinski definition) is 0. The average molecular weight is 775 g/mol. The van der Waals surface area contributed by atoms with Gasteiger partial charge in [-0.1, -0.05) is 149 Å². The van der Waals surface area contributed by atoms with Gasteiger partial charge in [-0.2, -0.15) is 0 Å². The molecular formula is C58H40F2. The van der Waals surface area contributed by atoms with Crippen LogP contribution in [0.2, 0.25) is 0 Å². The van der Waals surface area contributed by atoms with E-state index in [1.807, 2.05) is 12.1 Å². The molecule has 0 atom stereocenters. The summed E-state index contributed by atoms with van der Waals surface area (Å²) in [6.45, 7) is 9.24. The zero-order valence-corrected chi connectivity index (χ0v) is 33.9. The second-order valence-electron chi connectivity index (χ2n) is 17.9. The first-order valence-electron chi connectivity index (χ1n) is 20.9. The van der Waals surface area contributed by atoms with Crippen molar-refractivity contribution in [1.82, 2.24) is 0 Å². The zero-order valence-electron chi connectivity index (χ0n) is 33.9. The first kappa shape index (κ1) is 35.1. The van der Waals surface area contributed by atoms with E-state index in [0.717, 1.165) is 76.8 Å². The van der Waals surface area contributed by atoms with Gasteiger partial charge in [-0.25, -0.2) is 8.78 Å². The maximum atomic E-state index is 15.2. The summed E-state index contributed by atoms with van der Waals surface area (Å²) in [6, 6.07) is 58.7. The van der Waals surface area contributed by atoms with Crippen LogP contribution in [0.5, 0.6) is 0 Å². The Bertz CT molecular complexity index is 3220. The van der Waals surface area contributed by atoms with Crippen LogP contribution in [0.3, 0.4) is 0 Å². The third-order valence-corrected chi connectivity index (χ3v) is 14.0. The van der Waals surface area contributed by atoms with Gasteiger partial charge in [-0.05, 0) is 170 Å². The molecule has 0 amide bonds. The normalized spacial score (nSPS) is 14.4. The van der Waals surface area contributed by atoms with Crippen molar-refractivity contribution in [2.24, 2.45) is 0 Å². The molecular weight excluding hydrogens is 735 g/mol. The lowest BCUT2D eigenvalue weighted by molar-refractivity contribution is 0.628. The minimum Gasteiger partial charge on any atom is -0.207 e. The largest absolute Gasteiger partial charge is 0.207 e. The number of hydrogen-bond donors (Lipinski definition) is 0. The first-order chi connectivity index (χ1) is 29.1. The Kier molecular flexibility index (Phi) is 7.20. The van der Waals surface area contributed by atoms with Gasteiger partial charge in [0.05, 0.1) is 0 Å². The van der Waals surface area contributed by atoms with E-state index in [1.165, 1.54) is 56.6 Å². The van der Waals surface area contributed by atoms with Crippen molar-refractivity contribution in [3.05, 3.63) is 204 Å². The van der Waals surface area contributed by atoms with Crippen LogP contribution in [0.4, 0.5) is 8.78 Å². The molecule has 0 saturated heterocycles. The molecule has 0 saturated carbocycles. The van der Waals surface area contributed by atoms with E-state index in [0.29, 0.717) is 0 Å². The molecule has 0 aromatic heterocycles. The molecule has 0 N–H and O–H groups in total. The van der Waals surface area contributed by atoms with Gasteiger partial charge in [-0.3, -0.25) is 0 Å². The molecule has 0 bridgehead atoms. The fourth-order valence-corrected chi connectivity index (χ4v) is 11.0. The first-order valence-corrected chi connectivity index (χ1v) is 20.9. The molecule has 0 radical (unpaired) electrons. The second kappa shape index (κ2) is 12.3. The smallest absolute Gasteiger partial charge is 0.123 e. The summed E-state index contributed by atoms with van der Waals surface area (Å²) in [5, 5.41) is 6.60. The van der Waals surface area contributed by atoms with Crippen LogP contribution >= 0.6 is 0 Å². The van der Waals surface area contributed by atoms with Gasteiger partial charge in [0.2, 0.25) is 0 Å². The predicted molar refractivity (Wildman–Crippen MR) is 247 cm³/mol. The molecule has 2 aliphatic carbocycles. The standard InChI is InChI=1S/C58H40F2/c1-57(2)51-17-7-5-15-39(51)49-29-35(19-25-53(49)57)47-31-45(33-11-9-13-37(59)27-33)41-22-24-44-48(36-20-26-54-50(30-36)40-16-6-8-18-52(40)58(54,3)4)32-46(34-12-10-14-38(60)28-34)42-21-23-43(47)55(41)56(42)44/h5-32H,1-4H3. The van der Waals surface area contributed by atoms with Crippen molar-refractivity contribution < 1.29 is 8.78 Å². The van der Waals surface area contributed by atoms with Crippen LogP contribution in [-0.2, 0) is 10.8 Å². The maximum Gasteiger partial charge on any atom is 0.123 e. The molecule has 0 heterocycles. The Labute approximate surface area is 348 Å². The zero-order chi connectivity index (χ0) is 40.7. The van der Waals surface area contributed by atoms with Gasteiger partial charge < -0.3 is 0 Å². The third-order valence-electron chi connectivity index (χ3n) is 14.0. The Balaban J connectivity index is 1.20. The van der Waals surface area contributed by atoms with Crippen molar-refractivity contribution in [3.8, 4) is 66.8 Å². The van der Waals surface area contributed by atoms with Crippen LogP contribution < -0.4 is 0 Å². The fourth-order valence-electron chi connectivity index (χ4n) is 11.0. The highest BCUT2D eigenvalue weighted by Crippen LogP contribution is 2.54. The topological polar surface area (TPSA) is 0 Å². The summed E-state index contributed by atoms with van der Waals surface area (Å²) in [6.07, 6.45) is 0. The van der Waals surface area contributed by atoms with Crippen molar-refractivity contribution in [2.45, 2.75) is 38.5 Å². The molecule has 10 aromatic carbocycles. The highest BCUT2D eigenvalue weighted by Gasteiger charge is 2.37. The maximum absolute atomic E-state index is 15.2. The van der Waals surface area contributed by atoms with E-state index in [2.05, 4.69) is 149 Å². The van der Waals surface area contributed by atoms with Crippen molar-refractivity contribution in [1.29, 1.82) is 0 Å². The quantitative estimate of drug-likeness (QED) is 0.156. The van der Waals surface area contributed by atoms with E-state index in [9.17, 15) is 0 Å². The molecule has 2 heteroatoms. The number of rotatable bonds is 4. The monoisotopic (exact) mass is 774 g/mol. The average Bonchev–Trinajstić information content (AvgIpc) is 3.64. The van der Waals surface area contributed by atoms with E-state index in [1.54, 1.807) is 24.3 Å². The van der Waals surface area contributed by atoms with Crippen LogP contribution in [0, 0.1) is 11.6 Å². The molecule has 0 spiro atoms. The highest BCUT2D eigenvalue weighted by molar-refractivity contribution is 6.32. The molecule has 60 heavy (non-hydrogen) atoms. The van der Waals surface area contributed by atoms with Gasteiger partial charge >= 0.3 is 0 Å². The van der Waals surface area contributed by atoms with E-state index in [-0.39, 0.29) is 22.5 Å². The van der Waals surface area contributed by atoms with Crippen molar-refractivity contribution >= 4 is 32.3 Å². The van der Waals surface area contributed by atoms with Crippen LogP contribution in [0.25, 0.3) is 99.1 Å². The molecule has 2 aliphatic rings. The predicted octanol–water partition coefficient (Wildman–Crippen LogP) is 16.1. The van der Waals surface area contributed by atoms with Gasteiger partial charge in [0, 0.05) is 10.8 Å². The summed E-state index contributed by atoms with van der Waals surface area (Å²) < 4.78 is 30.3. The van der Waals surface area contributed by atoms with Gasteiger partial charge in [-0.15, -0.1) is 0 Å². The summed E-state index contributed by atoms with van der Waals surface area (Å²) in [4.78, 5) is 0. The molecule has 10 aromatic rings. The molecule has 0 fully saturated rings. The van der Waals surface area contributed by atoms with Gasteiger partial charge in [0.15, 0.2) is 0 Å². The van der Waals surface area contributed by atoms with Crippen molar-refractivity contribution in [3.63, 3.8) is 0 Å². The summed E-state index contributed by atoms with van der Waals surface area (Å²) >= 11 is 0. The van der Waals surface area contributed by atoms with Gasteiger partial charge in [0.25, 0.3) is 0 Å². The van der Waals surface area contributed by atoms with E-state index >= 15 is 8.78 Å². The van der Waals surface area contributed by atoms with Crippen LogP contribution in [0.15, 0.2) is 170 Å². The molecule has 0 unspecified atom stereocenters. The Morgan fingerprint density at radius 1 is 0.283 bits per heavy atom. The Morgan fingerprint density at radius 2 is 0.633 bits per heavy atom. The summed E-state index contributed by atoms with van der Waals surface area (Å²) in [5.74, 6) is -0.540. The molecule has 286 valence electrons. The third kappa shape index (κ3) is 4.82. The highest BCUT2D eigenvalue weighted by atomic mass is 19.1.